The van der Waals surface area contributed by atoms with Gasteiger partial charge in [-0.05, 0) is 46.2 Å². The zero-order valence-corrected chi connectivity index (χ0v) is 12.3. The van der Waals surface area contributed by atoms with Gasteiger partial charge in [-0.2, -0.15) is 0 Å². The van der Waals surface area contributed by atoms with E-state index in [1.54, 1.807) is 6.07 Å². The molecule has 1 aromatic rings. The van der Waals surface area contributed by atoms with Crippen molar-refractivity contribution in [3.05, 3.63) is 29.3 Å². The van der Waals surface area contributed by atoms with Crippen LogP contribution in [0.2, 0.25) is 0 Å². The fourth-order valence-electron chi connectivity index (χ4n) is 2.71. The highest BCUT2D eigenvalue weighted by Gasteiger charge is 2.20. The van der Waals surface area contributed by atoms with Crippen LogP contribution in [0.5, 0.6) is 5.75 Å². The van der Waals surface area contributed by atoms with Crippen LogP contribution in [-0.2, 0) is 6.54 Å². The third-order valence-corrected chi connectivity index (χ3v) is 3.96. The fraction of sp³-hybridized carbons (Fsp3) is 0.625. The lowest BCUT2D eigenvalue weighted by molar-refractivity contribution is 0.192. The summed E-state index contributed by atoms with van der Waals surface area (Å²) < 4.78 is 0. The molecular formula is C16H26N2O. The fourth-order valence-corrected chi connectivity index (χ4v) is 2.71. The molecule has 3 nitrogen and oxygen atoms in total. The van der Waals surface area contributed by atoms with E-state index in [9.17, 15) is 5.11 Å². The van der Waals surface area contributed by atoms with Crippen LogP contribution < -0.4 is 5.32 Å². The molecule has 0 bridgehead atoms. The number of hydrogen-bond acceptors (Lipinski definition) is 3. The van der Waals surface area contributed by atoms with Gasteiger partial charge in [0, 0.05) is 30.7 Å². The smallest absolute Gasteiger partial charge is 0.120 e. The molecule has 19 heavy (non-hydrogen) atoms. The number of benzene rings is 1. The molecule has 1 saturated heterocycles. The Balaban J connectivity index is 2.04. The van der Waals surface area contributed by atoms with Crippen molar-refractivity contribution < 1.29 is 5.11 Å². The normalized spacial score (nSPS) is 19.5. The van der Waals surface area contributed by atoms with Crippen LogP contribution in [-0.4, -0.2) is 35.2 Å². The summed E-state index contributed by atoms with van der Waals surface area (Å²) in [6, 6.07) is 6.94. The minimum atomic E-state index is 0.413. The number of nitrogens with zero attached hydrogens (tertiary/aromatic N) is 1. The van der Waals surface area contributed by atoms with Crippen LogP contribution >= 0.6 is 0 Å². The van der Waals surface area contributed by atoms with Crippen molar-refractivity contribution in [1.29, 1.82) is 0 Å². The van der Waals surface area contributed by atoms with E-state index in [1.807, 2.05) is 6.07 Å². The molecule has 106 valence electrons. The number of rotatable bonds is 5. The first-order chi connectivity index (χ1) is 9.06. The molecule has 0 saturated carbocycles. The van der Waals surface area contributed by atoms with Gasteiger partial charge in [0.1, 0.15) is 5.75 Å². The van der Waals surface area contributed by atoms with E-state index >= 15 is 0 Å². The van der Waals surface area contributed by atoms with E-state index in [-0.39, 0.29) is 0 Å². The zero-order chi connectivity index (χ0) is 13.8. The molecular weight excluding hydrogens is 236 g/mol. The Morgan fingerprint density at radius 3 is 2.84 bits per heavy atom. The van der Waals surface area contributed by atoms with E-state index in [2.05, 4.69) is 37.1 Å². The summed E-state index contributed by atoms with van der Waals surface area (Å²) in [5.74, 6) is 0.413. The third-order valence-electron chi connectivity index (χ3n) is 3.96. The van der Waals surface area contributed by atoms with E-state index in [0.717, 1.165) is 25.2 Å². The standard InChI is InChI=1S/C16H26N2O/c1-12(2)18(11-15-5-4-8-17-15)10-14-9-13(3)6-7-16(14)19/h6-7,9,12,15,17,19H,4-5,8,10-11H2,1-3H3. The minimum Gasteiger partial charge on any atom is -0.508 e. The Kier molecular flexibility index (Phi) is 4.83. The van der Waals surface area contributed by atoms with Gasteiger partial charge in [0.2, 0.25) is 0 Å². The summed E-state index contributed by atoms with van der Waals surface area (Å²) in [5, 5.41) is 13.5. The molecule has 0 aliphatic carbocycles. The summed E-state index contributed by atoms with van der Waals surface area (Å²) >= 11 is 0. The third kappa shape index (κ3) is 3.95. The Morgan fingerprint density at radius 1 is 1.42 bits per heavy atom. The summed E-state index contributed by atoms with van der Waals surface area (Å²) in [6.07, 6.45) is 2.55. The van der Waals surface area contributed by atoms with Crippen molar-refractivity contribution in [2.24, 2.45) is 0 Å². The largest absolute Gasteiger partial charge is 0.508 e. The van der Waals surface area contributed by atoms with Gasteiger partial charge in [-0.3, -0.25) is 4.90 Å². The first-order valence-electron chi connectivity index (χ1n) is 7.32. The highest BCUT2D eigenvalue weighted by molar-refractivity contribution is 5.35. The van der Waals surface area contributed by atoms with Gasteiger partial charge in [0.25, 0.3) is 0 Å². The molecule has 1 fully saturated rings. The maximum atomic E-state index is 9.98. The van der Waals surface area contributed by atoms with Gasteiger partial charge < -0.3 is 10.4 Å². The molecule has 1 aliphatic heterocycles. The number of aromatic hydroxyl groups is 1. The molecule has 1 aliphatic rings. The predicted octanol–water partition coefficient (Wildman–Crippen LogP) is 2.66. The first kappa shape index (κ1) is 14.4. The summed E-state index contributed by atoms with van der Waals surface area (Å²) in [4.78, 5) is 2.44. The molecule has 1 unspecified atom stereocenters. The number of phenolic OH excluding ortho intramolecular Hbond substituents is 1. The molecule has 0 aromatic heterocycles. The van der Waals surface area contributed by atoms with E-state index in [4.69, 9.17) is 0 Å². The topological polar surface area (TPSA) is 35.5 Å². The first-order valence-corrected chi connectivity index (χ1v) is 7.32. The number of nitrogens with one attached hydrogen (secondary N) is 1. The summed E-state index contributed by atoms with van der Waals surface area (Å²) in [7, 11) is 0. The van der Waals surface area contributed by atoms with Crippen LogP contribution in [0.4, 0.5) is 0 Å². The monoisotopic (exact) mass is 262 g/mol. The van der Waals surface area contributed by atoms with Gasteiger partial charge in [0.15, 0.2) is 0 Å². The molecule has 0 amide bonds. The predicted molar refractivity (Wildman–Crippen MR) is 79.4 cm³/mol. The molecule has 0 radical (unpaired) electrons. The molecule has 1 heterocycles. The van der Waals surface area contributed by atoms with Crippen LogP contribution in [0, 0.1) is 6.92 Å². The van der Waals surface area contributed by atoms with E-state index in [1.165, 1.54) is 18.4 Å². The van der Waals surface area contributed by atoms with Crippen LogP contribution in [0.3, 0.4) is 0 Å². The lowest BCUT2D eigenvalue weighted by atomic mass is 10.1. The Hall–Kier alpha value is -1.06. The lowest BCUT2D eigenvalue weighted by Crippen LogP contribution is -2.40. The second-order valence-corrected chi connectivity index (χ2v) is 5.95. The molecule has 2 rings (SSSR count). The van der Waals surface area contributed by atoms with Crippen molar-refractivity contribution in [2.45, 2.75) is 52.2 Å². The second kappa shape index (κ2) is 6.40. The van der Waals surface area contributed by atoms with Crippen molar-refractivity contribution in [1.82, 2.24) is 10.2 Å². The Morgan fingerprint density at radius 2 is 2.21 bits per heavy atom. The maximum Gasteiger partial charge on any atom is 0.120 e. The van der Waals surface area contributed by atoms with Gasteiger partial charge in [-0.1, -0.05) is 17.7 Å². The van der Waals surface area contributed by atoms with Gasteiger partial charge in [-0.15, -0.1) is 0 Å². The highest BCUT2D eigenvalue weighted by Crippen LogP contribution is 2.21. The number of hydrogen-bond donors (Lipinski definition) is 2. The van der Waals surface area contributed by atoms with Crippen molar-refractivity contribution in [2.75, 3.05) is 13.1 Å². The molecule has 1 aromatic carbocycles. The molecule has 1 atom stereocenters. The zero-order valence-electron chi connectivity index (χ0n) is 12.3. The molecule has 2 N–H and O–H groups in total. The summed E-state index contributed by atoms with van der Waals surface area (Å²) in [6.45, 7) is 9.55. The van der Waals surface area contributed by atoms with Crippen LogP contribution in [0.15, 0.2) is 18.2 Å². The van der Waals surface area contributed by atoms with Crippen molar-refractivity contribution in [3.8, 4) is 5.75 Å². The Labute approximate surface area is 116 Å². The van der Waals surface area contributed by atoms with Gasteiger partial charge in [0.05, 0.1) is 0 Å². The van der Waals surface area contributed by atoms with Crippen LogP contribution in [0.25, 0.3) is 0 Å². The van der Waals surface area contributed by atoms with E-state index < -0.39 is 0 Å². The average molecular weight is 262 g/mol. The lowest BCUT2D eigenvalue weighted by Gasteiger charge is -2.29. The molecule has 0 spiro atoms. The number of aryl methyl sites for hydroxylation is 1. The average Bonchev–Trinajstić information content (AvgIpc) is 2.85. The Bertz CT molecular complexity index is 411. The van der Waals surface area contributed by atoms with Crippen molar-refractivity contribution in [3.63, 3.8) is 0 Å². The maximum absolute atomic E-state index is 9.98. The van der Waals surface area contributed by atoms with Gasteiger partial charge >= 0.3 is 0 Å². The highest BCUT2D eigenvalue weighted by atomic mass is 16.3. The molecule has 3 heteroatoms. The van der Waals surface area contributed by atoms with Crippen molar-refractivity contribution >= 4 is 0 Å². The second-order valence-electron chi connectivity index (χ2n) is 5.95. The van der Waals surface area contributed by atoms with E-state index in [0.29, 0.717) is 17.8 Å². The van der Waals surface area contributed by atoms with Crippen LogP contribution in [0.1, 0.15) is 37.8 Å². The summed E-state index contributed by atoms with van der Waals surface area (Å²) in [5.41, 5.74) is 2.24. The van der Waals surface area contributed by atoms with Gasteiger partial charge in [-0.25, -0.2) is 0 Å². The number of phenols is 1. The SMILES string of the molecule is Cc1ccc(O)c(CN(CC2CCCN2)C(C)C)c1. The quantitative estimate of drug-likeness (QED) is 0.856. The minimum absolute atomic E-state index is 0.413.